The fourth-order valence-electron chi connectivity index (χ4n) is 5.07. The van der Waals surface area contributed by atoms with Gasteiger partial charge < -0.3 is 14.8 Å². The van der Waals surface area contributed by atoms with E-state index in [4.69, 9.17) is 0 Å². The summed E-state index contributed by atoms with van der Waals surface area (Å²) in [6.45, 7) is 6.30. The Balaban J connectivity index is 1.71. The van der Waals surface area contributed by atoms with Crippen LogP contribution >= 0.6 is 0 Å². The van der Waals surface area contributed by atoms with Gasteiger partial charge in [0, 0.05) is 29.1 Å². The molecule has 5 heteroatoms. The SMILES string of the molecule is CCC(C)N1CC(=O)N2C(c3cccc(C)c3)c3[nH]c4ccccc4c3C[C@H]2C1=O. The standard InChI is InChI=1S/C25H27N3O2/c1-4-16(3)27-14-22(29)28-21(25(27)30)13-19-18-10-5-6-11-20(18)26-23(19)24(28)17-9-7-8-15(2)12-17/h5-12,16,21,24,26H,4,13-14H2,1-3H3/t16?,21-,24?/m0/s1. The minimum Gasteiger partial charge on any atom is -0.356 e. The van der Waals surface area contributed by atoms with Gasteiger partial charge in [-0.15, -0.1) is 0 Å². The van der Waals surface area contributed by atoms with Gasteiger partial charge >= 0.3 is 0 Å². The lowest BCUT2D eigenvalue weighted by Gasteiger charge is -2.48. The molecule has 0 spiro atoms. The Labute approximate surface area is 176 Å². The number of hydrogen-bond donors (Lipinski definition) is 1. The van der Waals surface area contributed by atoms with E-state index in [0.29, 0.717) is 6.42 Å². The summed E-state index contributed by atoms with van der Waals surface area (Å²) in [6, 6.07) is 15.8. The van der Waals surface area contributed by atoms with Crippen molar-refractivity contribution in [2.45, 2.75) is 51.7 Å². The third-order valence-electron chi connectivity index (χ3n) is 6.77. The highest BCUT2D eigenvalue weighted by Gasteiger charge is 2.48. The van der Waals surface area contributed by atoms with Crippen LogP contribution in [-0.2, 0) is 16.0 Å². The monoisotopic (exact) mass is 401 g/mol. The number of aromatic nitrogens is 1. The number of nitrogens with zero attached hydrogens (tertiary/aromatic N) is 2. The highest BCUT2D eigenvalue weighted by molar-refractivity contribution is 5.97. The number of benzene rings is 2. The fourth-order valence-corrected chi connectivity index (χ4v) is 5.07. The zero-order chi connectivity index (χ0) is 21.0. The summed E-state index contributed by atoms with van der Waals surface area (Å²) in [5.74, 6) is 0.0910. The van der Waals surface area contributed by atoms with Crippen molar-refractivity contribution >= 4 is 22.7 Å². The lowest BCUT2D eigenvalue weighted by molar-refractivity contribution is -0.160. The molecule has 0 saturated carbocycles. The quantitative estimate of drug-likeness (QED) is 0.722. The van der Waals surface area contributed by atoms with Gasteiger partial charge in [0.1, 0.15) is 12.6 Å². The molecule has 1 saturated heterocycles. The predicted octanol–water partition coefficient (Wildman–Crippen LogP) is 3.96. The maximum absolute atomic E-state index is 13.5. The lowest BCUT2D eigenvalue weighted by Crippen LogP contribution is -2.64. The van der Waals surface area contributed by atoms with Gasteiger partial charge in [0.05, 0.1) is 6.04 Å². The van der Waals surface area contributed by atoms with Crippen LogP contribution in [0.3, 0.4) is 0 Å². The number of para-hydroxylation sites is 1. The van der Waals surface area contributed by atoms with E-state index in [1.54, 1.807) is 4.90 Å². The van der Waals surface area contributed by atoms with E-state index in [1.807, 2.05) is 30.0 Å². The molecule has 0 aliphatic carbocycles. The van der Waals surface area contributed by atoms with Crippen LogP contribution in [0.5, 0.6) is 0 Å². The summed E-state index contributed by atoms with van der Waals surface area (Å²) in [6.07, 6.45) is 1.39. The van der Waals surface area contributed by atoms with Gasteiger partial charge in [-0.2, -0.15) is 0 Å². The number of carbonyl (C=O) groups is 2. The zero-order valence-corrected chi connectivity index (χ0v) is 17.7. The van der Waals surface area contributed by atoms with Gasteiger partial charge in [-0.3, -0.25) is 9.59 Å². The van der Waals surface area contributed by atoms with Gasteiger partial charge in [0.2, 0.25) is 11.8 Å². The lowest BCUT2D eigenvalue weighted by atomic mass is 9.85. The molecule has 2 amide bonds. The van der Waals surface area contributed by atoms with E-state index in [2.05, 4.69) is 49.2 Å². The molecule has 3 atom stereocenters. The molecule has 0 radical (unpaired) electrons. The summed E-state index contributed by atoms with van der Waals surface area (Å²) >= 11 is 0. The Morgan fingerprint density at radius 2 is 1.93 bits per heavy atom. The van der Waals surface area contributed by atoms with Gasteiger partial charge in [-0.25, -0.2) is 0 Å². The molecule has 154 valence electrons. The summed E-state index contributed by atoms with van der Waals surface area (Å²) in [5, 5.41) is 1.14. The predicted molar refractivity (Wildman–Crippen MR) is 117 cm³/mol. The molecule has 2 aromatic carbocycles. The molecule has 3 aromatic rings. The third kappa shape index (κ3) is 2.76. The second-order valence-corrected chi connectivity index (χ2v) is 8.62. The van der Waals surface area contributed by atoms with Gasteiger partial charge in [0.15, 0.2) is 0 Å². The topological polar surface area (TPSA) is 56.4 Å². The largest absolute Gasteiger partial charge is 0.356 e. The highest BCUT2D eigenvalue weighted by atomic mass is 16.2. The summed E-state index contributed by atoms with van der Waals surface area (Å²) in [4.78, 5) is 34.1. The van der Waals surface area contributed by atoms with Crippen LogP contribution in [0.1, 0.15) is 48.7 Å². The number of hydrogen-bond acceptors (Lipinski definition) is 2. The first-order valence-corrected chi connectivity index (χ1v) is 10.8. The number of aryl methyl sites for hydroxylation is 1. The van der Waals surface area contributed by atoms with Gasteiger partial charge in [-0.05, 0) is 37.5 Å². The van der Waals surface area contributed by atoms with Crippen LogP contribution in [0.4, 0.5) is 0 Å². The van der Waals surface area contributed by atoms with Crippen LogP contribution in [0.2, 0.25) is 0 Å². The molecular weight excluding hydrogens is 374 g/mol. The van der Waals surface area contributed by atoms with Crippen molar-refractivity contribution < 1.29 is 9.59 Å². The molecule has 30 heavy (non-hydrogen) atoms. The van der Waals surface area contributed by atoms with Crippen LogP contribution in [0, 0.1) is 6.92 Å². The minimum atomic E-state index is -0.461. The van der Waals surface area contributed by atoms with Crippen LogP contribution in [-0.4, -0.2) is 45.2 Å². The number of rotatable bonds is 3. The fraction of sp³-hybridized carbons (Fsp3) is 0.360. The molecule has 0 bridgehead atoms. The van der Waals surface area contributed by atoms with Crippen molar-refractivity contribution in [1.29, 1.82) is 0 Å². The molecule has 2 aliphatic rings. The first kappa shape index (κ1) is 18.9. The molecule has 1 N–H and O–H groups in total. The van der Waals surface area contributed by atoms with Crippen LogP contribution < -0.4 is 0 Å². The first-order valence-electron chi connectivity index (χ1n) is 10.8. The normalized spacial score (nSPS) is 22.2. The van der Waals surface area contributed by atoms with E-state index in [1.165, 1.54) is 0 Å². The van der Waals surface area contributed by atoms with E-state index in [-0.39, 0.29) is 30.4 Å². The van der Waals surface area contributed by atoms with E-state index in [0.717, 1.165) is 39.7 Å². The van der Waals surface area contributed by atoms with E-state index >= 15 is 0 Å². The second-order valence-electron chi connectivity index (χ2n) is 8.62. The molecule has 2 aliphatic heterocycles. The number of aromatic amines is 1. The average Bonchev–Trinajstić information content (AvgIpc) is 3.12. The molecular formula is C25H27N3O2. The van der Waals surface area contributed by atoms with Crippen molar-refractivity contribution in [1.82, 2.24) is 14.8 Å². The smallest absolute Gasteiger partial charge is 0.246 e. The van der Waals surface area contributed by atoms with Crippen molar-refractivity contribution in [3.05, 3.63) is 70.9 Å². The first-order chi connectivity index (χ1) is 14.5. The second kappa shape index (κ2) is 7.01. The van der Waals surface area contributed by atoms with Crippen molar-refractivity contribution in [3.63, 3.8) is 0 Å². The Bertz CT molecular complexity index is 1150. The van der Waals surface area contributed by atoms with Crippen molar-refractivity contribution in [2.75, 3.05) is 6.54 Å². The Hall–Kier alpha value is -3.08. The maximum Gasteiger partial charge on any atom is 0.246 e. The average molecular weight is 402 g/mol. The van der Waals surface area contributed by atoms with Crippen LogP contribution in [0.25, 0.3) is 10.9 Å². The number of H-pyrrole nitrogens is 1. The molecule has 5 nitrogen and oxygen atoms in total. The zero-order valence-electron chi connectivity index (χ0n) is 17.7. The third-order valence-corrected chi connectivity index (χ3v) is 6.77. The number of nitrogens with one attached hydrogen (secondary N) is 1. The maximum atomic E-state index is 13.5. The number of piperazine rings is 1. The number of carbonyl (C=O) groups excluding carboxylic acids is 2. The molecule has 3 heterocycles. The minimum absolute atomic E-state index is 0.0238. The Morgan fingerprint density at radius 1 is 1.13 bits per heavy atom. The van der Waals surface area contributed by atoms with E-state index < -0.39 is 6.04 Å². The Morgan fingerprint density at radius 3 is 2.70 bits per heavy atom. The number of amides is 2. The molecule has 1 fully saturated rings. The van der Waals surface area contributed by atoms with Crippen molar-refractivity contribution in [3.8, 4) is 0 Å². The van der Waals surface area contributed by atoms with Gasteiger partial charge in [0.25, 0.3) is 0 Å². The molecule has 1 aromatic heterocycles. The van der Waals surface area contributed by atoms with E-state index in [9.17, 15) is 9.59 Å². The highest BCUT2D eigenvalue weighted by Crippen LogP contribution is 2.42. The molecule has 5 rings (SSSR count). The summed E-state index contributed by atoms with van der Waals surface area (Å²) in [5.41, 5.74) is 5.44. The Kier molecular flexibility index (Phi) is 4.42. The number of fused-ring (bicyclic) bond motifs is 4. The van der Waals surface area contributed by atoms with Gasteiger partial charge in [-0.1, -0.05) is 55.0 Å². The van der Waals surface area contributed by atoms with Crippen LogP contribution in [0.15, 0.2) is 48.5 Å². The molecule has 2 unspecified atom stereocenters. The van der Waals surface area contributed by atoms with Crippen molar-refractivity contribution in [2.24, 2.45) is 0 Å². The summed E-state index contributed by atoms with van der Waals surface area (Å²) in [7, 11) is 0. The summed E-state index contributed by atoms with van der Waals surface area (Å²) < 4.78 is 0.